The molecule has 166 valence electrons. The zero-order chi connectivity index (χ0) is 23.0. The second-order valence-electron chi connectivity index (χ2n) is 8.02. The van der Waals surface area contributed by atoms with Crippen molar-refractivity contribution in [1.29, 1.82) is 0 Å². The highest BCUT2D eigenvalue weighted by atomic mass is 15.1. The Kier molecular flexibility index (Phi) is 8.80. The lowest BCUT2D eigenvalue weighted by molar-refractivity contribution is 0.534. The summed E-state index contributed by atoms with van der Waals surface area (Å²) < 4.78 is 2.32. The molecule has 0 unspecified atom stereocenters. The van der Waals surface area contributed by atoms with E-state index in [0.29, 0.717) is 0 Å². The van der Waals surface area contributed by atoms with Crippen LogP contribution in [0.1, 0.15) is 32.4 Å². The third kappa shape index (κ3) is 6.17. The molecule has 1 N–H and O–H groups in total. The van der Waals surface area contributed by atoms with Crippen molar-refractivity contribution in [1.82, 2.24) is 19.7 Å². The highest BCUT2D eigenvalue weighted by Crippen LogP contribution is 2.16. The molecule has 1 aliphatic carbocycles. The smallest absolute Gasteiger partial charge is 0.0552 e. The first-order chi connectivity index (χ1) is 14.8. The highest BCUT2D eigenvalue weighted by molar-refractivity contribution is 5.67. The molecule has 0 saturated heterocycles. The van der Waals surface area contributed by atoms with E-state index in [2.05, 4.69) is 116 Å². The fourth-order valence-electron chi connectivity index (χ4n) is 3.46. The zero-order valence-electron chi connectivity index (χ0n) is 20.2. The van der Waals surface area contributed by atoms with Crippen molar-refractivity contribution in [3.05, 3.63) is 82.5 Å². The molecule has 4 heteroatoms. The highest BCUT2D eigenvalue weighted by Gasteiger charge is 2.11. The maximum Gasteiger partial charge on any atom is 0.0552 e. The first kappa shape index (κ1) is 24.1. The normalized spacial score (nSPS) is 14.9. The Morgan fingerprint density at radius 3 is 2.52 bits per heavy atom. The lowest BCUT2D eigenvalue weighted by Crippen LogP contribution is -2.29. The standard InChI is InChI=1S/C27H38N4/c1-9-13-24(29(5)6)19-26-18-22-15-12-17-25(30(7)8)20-27(22)31(26)23(10-2)16-11-14-21(3)28-4/h9-10,13-20,28H,2,11-12H2,1,3-8H3/b13-9-,21-14+,23-16?,24-19+. The van der Waals surface area contributed by atoms with Crippen LogP contribution in [0.5, 0.6) is 0 Å². The average Bonchev–Trinajstić information content (AvgIpc) is 2.92. The Balaban J connectivity index is 2.81. The SMILES string of the molecule is C=CC(=CC/C=C(\C)NC)n1c(/C=C(\C=C/C)N(C)C)cc2c1=CC(N(C)C)=CCC=2. The van der Waals surface area contributed by atoms with Gasteiger partial charge >= 0.3 is 0 Å². The van der Waals surface area contributed by atoms with E-state index in [1.54, 1.807) is 0 Å². The van der Waals surface area contributed by atoms with Gasteiger partial charge in [0.25, 0.3) is 0 Å². The van der Waals surface area contributed by atoms with E-state index in [-0.39, 0.29) is 0 Å². The predicted molar refractivity (Wildman–Crippen MR) is 137 cm³/mol. The van der Waals surface area contributed by atoms with E-state index in [1.165, 1.54) is 16.3 Å². The molecule has 0 aliphatic heterocycles. The van der Waals surface area contributed by atoms with Crippen LogP contribution in [0.2, 0.25) is 0 Å². The Bertz CT molecular complexity index is 1050. The molecule has 1 heterocycles. The summed E-state index contributed by atoms with van der Waals surface area (Å²) in [6.07, 6.45) is 21.4. The quantitative estimate of drug-likeness (QED) is 0.615. The third-order valence-corrected chi connectivity index (χ3v) is 5.33. The van der Waals surface area contributed by atoms with E-state index in [4.69, 9.17) is 0 Å². The second-order valence-corrected chi connectivity index (χ2v) is 8.02. The molecule has 1 aromatic rings. The van der Waals surface area contributed by atoms with Gasteiger partial charge < -0.3 is 19.7 Å². The fourth-order valence-corrected chi connectivity index (χ4v) is 3.46. The summed E-state index contributed by atoms with van der Waals surface area (Å²) in [5.41, 5.74) is 5.73. The van der Waals surface area contributed by atoms with Crippen molar-refractivity contribution in [2.24, 2.45) is 0 Å². The predicted octanol–water partition coefficient (Wildman–Crippen LogP) is 3.92. The minimum atomic E-state index is 0.833. The Hall–Kier alpha value is -3.14. The van der Waals surface area contributed by atoms with Crippen LogP contribution in [0.3, 0.4) is 0 Å². The molecular weight excluding hydrogens is 380 g/mol. The lowest BCUT2D eigenvalue weighted by Gasteiger charge is -2.16. The maximum atomic E-state index is 4.13. The third-order valence-electron chi connectivity index (χ3n) is 5.33. The fraction of sp³-hybridized carbons (Fsp3) is 0.333. The van der Waals surface area contributed by atoms with Crippen molar-refractivity contribution < 1.29 is 0 Å². The minimum absolute atomic E-state index is 0.833. The van der Waals surface area contributed by atoms with Gasteiger partial charge in [0.15, 0.2) is 0 Å². The van der Waals surface area contributed by atoms with Gasteiger partial charge in [-0.3, -0.25) is 0 Å². The molecule has 31 heavy (non-hydrogen) atoms. The van der Waals surface area contributed by atoms with Crippen LogP contribution < -0.4 is 15.9 Å². The second kappa shape index (κ2) is 11.3. The number of nitrogens with zero attached hydrogens (tertiary/aromatic N) is 3. The van der Waals surface area contributed by atoms with Gasteiger partial charge in [-0.25, -0.2) is 0 Å². The number of hydrogen-bond acceptors (Lipinski definition) is 3. The monoisotopic (exact) mass is 418 g/mol. The van der Waals surface area contributed by atoms with Crippen molar-refractivity contribution in [2.75, 3.05) is 35.2 Å². The lowest BCUT2D eigenvalue weighted by atomic mass is 10.2. The maximum absolute atomic E-state index is 4.13. The van der Waals surface area contributed by atoms with Gasteiger partial charge in [-0.15, -0.1) is 0 Å². The molecule has 0 spiro atoms. The van der Waals surface area contributed by atoms with Crippen LogP contribution in [-0.2, 0) is 0 Å². The summed E-state index contributed by atoms with van der Waals surface area (Å²) in [7, 11) is 10.3. The Morgan fingerprint density at radius 1 is 1.19 bits per heavy atom. The number of fused-ring (bicyclic) bond motifs is 1. The largest absolute Gasteiger partial charge is 0.392 e. The van der Waals surface area contributed by atoms with E-state index < -0.39 is 0 Å². The summed E-state index contributed by atoms with van der Waals surface area (Å²) in [5.74, 6) is 0. The number of rotatable bonds is 9. The van der Waals surface area contributed by atoms with Crippen LogP contribution in [-0.4, -0.2) is 49.6 Å². The van der Waals surface area contributed by atoms with Crippen LogP contribution in [0.25, 0.3) is 23.9 Å². The molecule has 0 saturated carbocycles. The molecule has 0 radical (unpaired) electrons. The summed E-state index contributed by atoms with van der Waals surface area (Å²) in [4.78, 5) is 4.30. The molecular formula is C27H38N4. The first-order valence-electron chi connectivity index (χ1n) is 10.8. The Morgan fingerprint density at radius 2 is 1.94 bits per heavy atom. The van der Waals surface area contributed by atoms with Gasteiger partial charge in [-0.1, -0.05) is 37.0 Å². The van der Waals surface area contributed by atoms with Crippen LogP contribution in [0.15, 0.2) is 66.2 Å². The molecule has 0 aromatic carbocycles. The van der Waals surface area contributed by atoms with E-state index >= 15 is 0 Å². The van der Waals surface area contributed by atoms with Crippen molar-refractivity contribution in [2.45, 2.75) is 26.7 Å². The van der Waals surface area contributed by atoms with Gasteiger partial charge in [0.2, 0.25) is 0 Å². The summed E-state index contributed by atoms with van der Waals surface area (Å²) in [6, 6.07) is 2.28. The van der Waals surface area contributed by atoms with Crippen molar-refractivity contribution in [3.8, 4) is 0 Å². The molecule has 0 fully saturated rings. The van der Waals surface area contributed by atoms with Crippen molar-refractivity contribution in [3.63, 3.8) is 0 Å². The first-order valence-corrected chi connectivity index (χ1v) is 10.8. The molecule has 0 atom stereocenters. The number of hydrogen-bond donors (Lipinski definition) is 1. The average molecular weight is 419 g/mol. The molecule has 4 nitrogen and oxygen atoms in total. The van der Waals surface area contributed by atoms with E-state index in [1.807, 2.05) is 20.0 Å². The van der Waals surface area contributed by atoms with Gasteiger partial charge in [-0.2, -0.15) is 0 Å². The number of aromatic nitrogens is 1. The number of likely N-dealkylation sites (N-methyl/N-ethyl adjacent to an activating group) is 1. The van der Waals surface area contributed by atoms with Crippen LogP contribution in [0, 0.1) is 0 Å². The molecule has 0 bridgehead atoms. The summed E-state index contributed by atoms with van der Waals surface area (Å²) >= 11 is 0. The van der Waals surface area contributed by atoms with Gasteiger partial charge in [0.05, 0.1) is 5.35 Å². The molecule has 2 rings (SSSR count). The summed E-state index contributed by atoms with van der Waals surface area (Å²) in [6.45, 7) is 8.26. The number of allylic oxidation sites excluding steroid dienone is 9. The molecule has 1 aliphatic rings. The number of nitrogens with one attached hydrogen (secondary N) is 1. The summed E-state index contributed by atoms with van der Waals surface area (Å²) in [5, 5.41) is 5.61. The zero-order valence-corrected chi connectivity index (χ0v) is 20.2. The van der Waals surface area contributed by atoms with E-state index in [0.717, 1.165) is 35.6 Å². The Labute approximate surface area is 188 Å². The van der Waals surface area contributed by atoms with Gasteiger partial charge in [-0.05, 0) is 62.3 Å². The van der Waals surface area contributed by atoms with Gasteiger partial charge in [0.1, 0.15) is 0 Å². The molecule has 1 aromatic heterocycles. The van der Waals surface area contributed by atoms with Crippen LogP contribution in [0.4, 0.5) is 0 Å². The molecule has 0 amide bonds. The topological polar surface area (TPSA) is 23.4 Å². The minimum Gasteiger partial charge on any atom is -0.392 e. The van der Waals surface area contributed by atoms with Gasteiger partial charge in [0, 0.05) is 63.7 Å². The van der Waals surface area contributed by atoms with E-state index in [9.17, 15) is 0 Å². The van der Waals surface area contributed by atoms with Crippen molar-refractivity contribution >= 4 is 23.9 Å². The van der Waals surface area contributed by atoms with Crippen LogP contribution >= 0.6 is 0 Å².